The minimum absolute atomic E-state index is 0.0744. The van der Waals surface area contributed by atoms with Crippen LogP contribution in [0, 0.1) is 0 Å². The summed E-state index contributed by atoms with van der Waals surface area (Å²) in [4.78, 5) is 0. The van der Waals surface area contributed by atoms with E-state index in [1.807, 2.05) is 60.7 Å². The lowest BCUT2D eigenvalue weighted by molar-refractivity contribution is 0.598. The van der Waals surface area contributed by atoms with Crippen molar-refractivity contribution in [2.75, 3.05) is 10.5 Å². The summed E-state index contributed by atoms with van der Waals surface area (Å²) in [5, 5.41) is 4.19. The van der Waals surface area contributed by atoms with Crippen molar-refractivity contribution in [2.24, 2.45) is 7.05 Å². The molecule has 6 heteroatoms. The predicted molar refractivity (Wildman–Crippen MR) is 101 cm³/mol. The Balaban J connectivity index is 1.69. The average Bonchev–Trinajstić information content (AvgIpc) is 2.96. The van der Waals surface area contributed by atoms with Gasteiger partial charge in [0.05, 0.1) is 23.3 Å². The van der Waals surface area contributed by atoms with Gasteiger partial charge in [0.2, 0.25) is 10.0 Å². The molecule has 1 aromatic heterocycles. The molecule has 0 aliphatic carbocycles. The summed E-state index contributed by atoms with van der Waals surface area (Å²) in [6, 6.07) is 19.5. The number of anilines is 1. The highest BCUT2D eigenvalue weighted by Gasteiger charge is 2.17. The number of nitrogens with zero attached hydrogens (tertiary/aromatic N) is 2. The number of benzene rings is 2. The molecule has 0 aliphatic rings. The minimum Gasteiger partial charge on any atom is -0.280 e. The van der Waals surface area contributed by atoms with E-state index in [9.17, 15) is 8.42 Å². The van der Waals surface area contributed by atoms with Crippen LogP contribution in [-0.4, -0.2) is 24.0 Å². The first-order valence-electron chi connectivity index (χ1n) is 8.17. The van der Waals surface area contributed by atoms with E-state index in [0.717, 1.165) is 23.2 Å². The molecule has 5 nitrogen and oxygen atoms in total. The maximum atomic E-state index is 12.4. The Morgan fingerprint density at radius 1 is 1.00 bits per heavy atom. The zero-order chi connectivity index (χ0) is 17.7. The molecule has 130 valence electrons. The van der Waals surface area contributed by atoms with Crippen LogP contribution in [0.5, 0.6) is 0 Å². The Labute approximate surface area is 148 Å². The summed E-state index contributed by atoms with van der Waals surface area (Å²) in [6.07, 6.45) is 2.86. The molecule has 0 atom stereocenters. The van der Waals surface area contributed by atoms with E-state index in [4.69, 9.17) is 0 Å². The molecule has 0 saturated heterocycles. The van der Waals surface area contributed by atoms with Crippen LogP contribution in [0.25, 0.3) is 11.3 Å². The second-order valence-corrected chi connectivity index (χ2v) is 7.75. The van der Waals surface area contributed by atoms with Crippen LogP contribution in [0.15, 0.2) is 66.9 Å². The second-order valence-electron chi connectivity index (χ2n) is 5.91. The summed E-state index contributed by atoms with van der Waals surface area (Å²) in [5.41, 5.74) is 3.33. The second kappa shape index (κ2) is 7.53. The highest BCUT2D eigenvalue weighted by Crippen LogP contribution is 2.27. The normalized spacial score (nSPS) is 11.4. The van der Waals surface area contributed by atoms with E-state index in [2.05, 4.69) is 9.82 Å². The molecule has 25 heavy (non-hydrogen) atoms. The zero-order valence-electron chi connectivity index (χ0n) is 14.1. The molecule has 0 fully saturated rings. The topological polar surface area (TPSA) is 64.0 Å². The summed E-state index contributed by atoms with van der Waals surface area (Å²) >= 11 is 0. The third-order valence-corrected chi connectivity index (χ3v) is 5.33. The van der Waals surface area contributed by atoms with Crippen molar-refractivity contribution in [3.8, 4) is 11.3 Å². The third-order valence-electron chi connectivity index (χ3n) is 3.97. The number of aryl methyl sites for hydroxylation is 2. The van der Waals surface area contributed by atoms with Crippen LogP contribution in [0.3, 0.4) is 0 Å². The molecule has 1 N–H and O–H groups in total. The lowest BCUT2D eigenvalue weighted by Gasteiger charge is -2.10. The molecule has 1 heterocycles. The Kier molecular flexibility index (Phi) is 5.19. The van der Waals surface area contributed by atoms with Crippen molar-refractivity contribution in [3.05, 3.63) is 72.4 Å². The zero-order valence-corrected chi connectivity index (χ0v) is 14.9. The standard InChI is InChI=1S/C19H21N3O2S/c1-22-19(17-12-6-3-7-13-17)18(15-20-22)21-25(23,24)14-8-11-16-9-4-2-5-10-16/h2-7,9-10,12-13,15,21H,8,11,14H2,1H3. The molecular formula is C19H21N3O2S. The average molecular weight is 355 g/mol. The van der Waals surface area contributed by atoms with Gasteiger partial charge in [0.15, 0.2) is 0 Å². The number of hydrogen-bond acceptors (Lipinski definition) is 3. The fraction of sp³-hybridized carbons (Fsp3) is 0.211. The molecule has 3 rings (SSSR count). The molecule has 0 radical (unpaired) electrons. The maximum absolute atomic E-state index is 12.4. The largest absolute Gasteiger partial charge is 0.280 e. The number of sulfonamides is 1. The van der Waals surface area contributed by atoms with Crippen LogP contribution in [0.4, 0.5) is 5.69 Å². The van der Waals surface area contributed by atoms with Gasteiger partial charge in [0.1, 0.15) is 0 Å². The van der Waals surface area contributed by atoms with Gasteiger partial charge in [-0.25, -0.2) is 8.42 Å². The van der Waals surface area contributed by atoms with Crippen molar-refractivity contribution >= 4 is 15.7 Å². The van der Waals surface area contributed by atoms with Crippen LogP contribution < -0.4 is 4.72 Å². The quantitative estimate of drug-likeness (QED) is 0.706. The fourth-order valence-electron chi connectivity index (χ4n) is 2.78. The number of aromatic nitrogens is 2. The molecule has 0 spiro atoms. The minimum atomic E-state index is -3.43. The Bertz CT molecular complexity index is 920. The molecule has 0 unspecified atom stereocenters. The lowest BCUT2D eigenvalue weighted by Crippen LogP contribution is -2.17. The van der Waals surface area contributed by atoms with Crippen LogP contribution in [-0.2, 0) is 23.5 Å². The van der Waals surface area contributed by atoms with E-state index in [1.165, 1.54) is 0 Å². The monoisotopic (exact) mass is 355 g/mol. The van der Waals surface area contributed by atoms with Gasteiger partial charge >= 0.3 is 0 Å². The first-order chi connectivity index (χ1) is 12.1. The highest BCUT2D eigenvalue weighted by atomic mass is 32.2. The molecule has 0 aliphatic heterocycles. The molecule has 0 amide bonds. The van der Waals surface area contributed by atoms with E-state index < -0.39 is 10.0 Å². The Hall–Kier alpha value is -2.60. The first kappa shape index (κ1) is 17.2. The van der Waals surface area contributed by atoms with Gasteiger partial charge in [-0.2, -0.15) is 5.10 Å². The van der Waals surface area contributed by atoms with Gasteiger partial charge in [-0.05, 0) is 18.4 Å². The number of nitrogens with one attached hydrogen (secondary N) is 1. The van der Waals surface area contributed by atoms with Crippen LogP contribution >= 0.6 is 0 Å². The van der Waals surface area contributed by atoms with Gasteiger partial charge in [0, 0.05) is 12.6 Å². The Morgan fingerprint density at radius 3 is 2.32 bits per heavy atom. The van der Waals surface area contributed by atoms with Gasteiger partial charge in [-0.3, -0.25) is 9.40 Å². The van der Waals surface area contributed by atoms with E-state index in [-0.39, 0.29) is 5.75 Å². The smallest absolute Gasteiger partial charge is 0.232 e. The van der Waals surface area contributed by atoms with Gasteiger partial charge in [0.25, 0.3) is 0 Å². The highest BCUT2D eigenvalue weighted by molar-refractivity contribution is 7.92. The summed E-state index contributed by atoms with van der Waals surface area (Å²) < 4.78 is 29.2. The van der Waals surface area contributed by atoms with Crippen molar-refractivity contribution in [1.82, 2.24) is 9.78 Å². The summed E-state index contributed by atoms with van der Waals surface area (Å²) in [7, 11) is -1.62. The fourth-order valence-corrected chi connectivity index (χ4v) is 3.89. The molecule has 2 aromatic carbocycles. The third kappa shape index (κ3) is 4.48. The van der Waals surface area contributed by atoms with Crippen molar-refractivity contribution in [1.29, 1.82) is 0 Å². The van der Waals surface area contributed by atoms with E-state index >= 15 is 0 Å². The lowest BCUT2D eigenvalue weighted by atomic mass is 10.1. The number of rotatable bonds is 7. The van der Waals surface area contributed by atoms with Crippen molar-refractivity contribution in [2.45, 2.75) is 12.8 Å². The molecular weight excluding hydrogens is 334 g/mol. The van der Waals surface area contributed by atoms with Gasteiger partial charge in [-0.1, -0.05) is 60.7 Å². The first-order valence-corrected chi connectivity index (χ1v) is 9.82. The van der Waals surface area contributed by atoms with Crippen LogP contribution in [0.1, 0.15) is 12.0 Å². The van der Waals surface area contributed by atoms with Crippen molar-refractivity contribution in [3.63, 3.8) is 0 Å². The molecule has 3 aromatic rings. The van der Waals surface area contributed by atoms with E-state index in [0.29, 0.717) is 12.1 Å². The Morgan fingerprint density at radius 2 is 1.64 bits per heavy atom. The molecule has 0 saturated carbocycles. The summed E-state index contributed by atoms with van der Waals surface area (Å²) in [5.74, 6) is 0.0744. The van der Waals surface area contributed by atoms with E-state index in [1.54, 1.807) is 17.9 Å². The van der Waals surface area contributed by atoms with Gasteiger partial charge < -0.3 is 0 Å². The number of hydrogen-bond donors (Lipinski definition) is 1. The predicted octanol–water partition coefficient (Wildman–Crippen LogP) is 3.46. The van der Waals surface area contributed by atoms with Gasteiger partial charge in [-0.15, -0.1) is 0 Å². The SMILES string of the molecule is Cn1ncc(NS(=O)(=O)CCCc2ccccc2)c1-c1ccccc1. The maximum Gasteiger partial charge on any atom is 0.232 e. The summed E-state index contributed by atoms with van der Waals surface area (Å²) in [6.45, 7) is 0. The molecule has 0 bridgehead atoms. The van der Waals surface area contributed by atoms with Crippen LogP contribution in [0.2, 0.25) is 0 Å². The van der Waals surface area contributed by atoms with Crippen molar-refractivity contribution < 1.29 is 8.42 Å².